The van der Waals surface area contributed by atoms with Crippen LogP contribution < -0.4 is 4.74 Å². The second-order valence-corrected chi connectivity index (χ2v) is 4.51. The lowest BCUT2D eigenvalue weighted by molar-refractivity contribution is -0.140. The molecule has 116 valence electrons. The third-order valence-electron chi connectivity index (χ3n) is 2.97. The molecule has 22 heavy (non-hydrogen) atoms. The van der Waals surface area contributed by atoms with Crippen molar-refractivity contribution in [3.63, 3.8) is 0 Å². The summed E-state index contributed by atoms with van der Waals surface area (Å²) in [6.45, 7) is -0.289. The number of benzene rings is 1. The summed E-state index contributed by atoms with van der Waals surface area (Å²) in [5, 5.41) is 9.22. The minimum atomic E-state index is -4.52. The molecule has 4 nitrogen and oxygen atoms in total. The maximum Gasteiger partial charge on any atom is 0.416 e. The van der Waals surface area contributed by atoms with E-state index in [-0.39, 0.29) is 12.2 Å². The lowest BCUT2D eigenvalue weighted by Crippen LogP contribution is -2.20. The number of carboxylic acids is 1. The molecule has 2 aromatic rings. The first-order chi connectivity index (χ1) is 10.4. The zero-order chi connectivity index (χ0) is 16.2. The number of nitrogens with zero attached hydrogens (tertiary/aromatic N) is 1. The Morgan fingerprint density at radius 1 is 1.27 bits per heavy atom. The number of rotatable bonds is 5. The van der Waals surface area contributed by atoms with Crippen molar-refractivity contribution in [2.45, 2.75) is 12.1 Å². The molecule has 1 unspecified atom stereocenters. The fraction of sp³-hybridized carbons (Fsp3) is 0.200. The smallest absolute Gasteiger partial charge is 0.416 e. The highest BCUT2D eigenvalue weighted by molar-refractivity contribution is 5.76. The third-order valence-corrected chi connectivity index (χ3v) is 2.97. The van der Waals surface area contributed by atoms with Crippen LogP contribution in [0, 0.1) is 0 Å². The fourth-order valence-electron chi connectivity index (χ4n) is 1.85. The van der Waals surface area contributed by atoms with Crippen LogP contribution in [0.25, 0.3) is 0 Å². The molecule has 2 rings (SSSR count). The number of ether oxygens (including phenoxy) is 1. The van der Waals surface area contributed by atoms with Crippen molar-refractivity contribution in [2.24, 2.45) is 0 Å². The maximum absolute atomic E-state index is 12.7. The first kappa shape index (κ1) is 15.8. The van der Waals surface area contributed by atoms with Crippen molar-refractivity contribution in [3.05, 3.63) is 59.9 Å². The first-order valence-corrected chi connectivity index (χ1v) is 6.30. The van der Waals surface area contributed by atoms with Gasteiger partial charge in [-0.1, -0.05) is 18.2 Å². The van der Waals surface area contributed by atoms with Crippen LogP contribution in [0.15, 0.2) is 48.8 Å². The van der Waals surface area contributed by atoms with E-state index in [0.717, 1.165) is 12.1 Å². The molecule has 0 aliphatic heterocycles. The van der Waals surface area contributed by atoms with E-state index in [1.165, 1.54) is 24.5 Å². The van der Waals surface area contributed by atoms with Gasteiger partial charge in [-0.25, -0.2) is 0 Å². The van der Waals surface area contributed by atoms with Gasteiger partial charge in [0, 0.05) is 6.20 Å². The van der Waals surface area contributed by atoms with E-state index in [1.54, 1.807) is 12.1 Å². The van der Waals surface area contributed by atoms with Crippen LogP contribution in [0.5, 0.6) is 5.75 Å². The highest BCUT2D eigenvalue weighted by Crippen LogP contribution is 2.31. The molecule has 1 N–H and O–H groups in total. The van der Waals surface area contributed by atoms with E-state index < -0.39 is 23.6 Å². The lowest BCUT2D eigenvalue weighted by Gasteiger charge is -2.15. The van der Waals surface area contributed by atoms with Crippen LogP contribution in [0.3, 0.4) is 0 Å². The number of pyridine rings is 1. The van der Waals surface area contributed by atoms with Crippen molar-refractivity contribution < 1.29 is 27.8 Å². The van der Waals surface area contributed by atoms with Gasteiger partial charge in [0.15, 0.2) is 0 Å². The normalized spacial score (nSPS) is 12.7. The standard InChI is InChI=1S/C15H12F3NO3/c16-15(17,18)11-4-1-3-10(7-11)13(14(20)21)9-22-12-5-2-6-19-8-12/h1-8,13H,9H2,(H,20,21). The van der Waals surface area contributed by atoms with Crippen molar-refractivity contribution >= 4 is 5.97 Å². The molecule has 0 bridgehead atoms. The van der Waals surface area contributed by atoms with Gasteiger partial charge in [-0.2, -0.15) is 13.2 Å². The van der Waals surface area contributed by atoms with Gasteiger partial charge in [-0.15, -0.1) is 0 Å². The molecule has 0 aliphatic rings. The topological polar surface area (TPSA) is 59.4 Å². The summed E-state index contributed by atoms with van der Waals surface area (Å²) < 4.78 is 43.4. The number of hydrogen-bond acceptors (Lipinski definition) is 3. The zero-order valence-corrected chi connectivity index (χ0v) is 11.2. The molecule has 1 heterocycles. The van der Waals surface area contributed by atoms with Crippen LogP contribution in [-0.4, -0.2) is 22.7 Å². The van der Waals surface area contributed by atoms with Crippen molar-refractivity contribution in [3.8, 4) is 5.75 Å². The summed E-state index contributed by atoms with van der Waals surface area (Å²) in [6.07, 6.45) is -1.61. The molecule has 0 fully saturated rings. The van der Waals surface area contributed by atoms with Gasteiger partial charge in [-0.3, -0.25) is 9.78 Å². The summed E-state index contributed by atoms with van der Waals surface area (Å²) in [7, 11) is 0. The van der Waals surface area contributed by atoms with E-state index in [4.69, 9.17) is 4.74 Å². The predicted molar refractivity (Wildman–Crippen MR) is 71.6 cm³/mol. The molecule has 0 radical (unpaired) electrons. The highest BCUT2D eigenvalue weighted by Gasteiger charge is 2.32. The van der Waals surface area contributed by atoms with Gasteiger partial charge in [0.25, 0.3) is 0 Å². The maximum atomic E-state index is 12.7. The van der Waals surface area contributed by atoms with E-state index in [9.17, 15) is 23.1 Å². The number of alkyl halides is 3. The Bertz CT molecular complexity index is 644. The molecular formula is C15H12F3NO3. The minimum Gasteiger partial charge on any atom is -0.491 e. The highest BCUT2D eigenvalue weighted by atomic mass is 19.4. The Kier molecular flexibility index (Phi) is 4.65. The Morgan fingerprint density at radius 2 is 2.05 bits per heavy atom. The number of aromatic nitrogens is 1. The van der Waals surface area contributed by atoms with Gasteiger partial charge in [-0.05, 0) is 23.8 Å². The van der Waals surface area contributed by atoms with Crippen molar-refractivity contribution in [1.29, 1.82) is 0 Å². The van der Waals surface area contributed by atoms with Gasteiger partial charge >= 0.3 is 12.1 Å². The molecular weight excluding hydrogens is 299 g/mol. The molecule has 0 amide bonds. The molecule has 0 aliphatic carbocycles. The van der Waals surface area contributed by atoms with E-state index >= 15 is 0 Å². The van der Waals surface area contributed by atoms with E-state index in [0.29, 0.717) is 5.75 Å². The predicted octanol–water partition coefficient (Wildman–Crippen LogP) is 3.35. The average molecular weight is 311 g/mol. The summed E-state index contributed by atoms with van der Waals surface area (Å²) in [5.41, 5.74) is -0.858. The number of aliphatic carboxylic acids is 1. The second-order valence-electron chi connectivity index (χ2n) is 4.51. The second kappa shape index (κ2) is 6.46. The Balaban J connectivity index is 2.20. The van der Waals surface area contributed by atoms with E-state index in [2.05, 4.69) is 4.98 Å². The van der Waals surface area contributed by atoms with Gasteiger partial charge in [0.1, 0.15) is 18.3 Å². The SMILES string of the molecule is O=C(O)C(COc1cccnc1)c1cccc(C(F)(F)F)c1. The fourth-order valence-corrected chi connectivity index (χ4v) is 1.85. The quantitative estimate of drug-likeness (QED) is 0.920. The zero-order valence-electron chi connectivity index (χ0n) is 11.2. The molecule has 0 spiro atoms. The molecule has 1 aromatic heterocycles. The monoisotopic (exact) mass is 311 g/mol. The number of halogens is 3. The Labute approximate surface area is 124 Å². The molecule has 0 saturated carbocycles. The third kappa shape index (κ3) is 3.97. The summed E-state index contributed by atoms with van der Waals surface area (Å²) in [4.78, 5) is 15.1. The van der Waals surface area contributed by atoms with Gasteiger partial charge in [0.2, 0.25) is 0 Å². The Morgan fingerprint density at radius 3 is 2.64 bits per heavy atom. The number of carbonyl (C=O) groups is 1. The molecule has 0 saturated heterocycles. The number of carboxylic acid groups (broad SMARTS) is 1. The van der Waals surface area contributed by atoms with Gasteiger partial charge in [0.05, 0.1) is 11.8 Å². The van der Waals surface area contributed by atoms with E-state index in [1.807, 2.05) is 0 Å². The number of hydrogen-bond donors (Lipinski definition) is 1. The molecule has 1 aromatic carbocycles. The van der Waals surface area contributed by atoms with Crippen molar-refractivity contribution in [2.75, 3.05) is 6.61 Å². The van der Waals surface area contributed by atoms with Crippen LogP contribution in [-0.2, 0) is 11.0 Å². The Hall–Kier alpha value is -2.57. The van der Waals surface area contributed by atoms with Gasteiger partial charge < -0.3 is 9.84 Å². The molecule has 7 heteroatoms. The van der Waals surface area contributed by atoms with Crippen LogP contribution >= 0.6 is 0 Å². The molecule has 1 atom stereocenters. The van der Waals surface area contributed by atoms with Crippen LogP contribution in [0.1, 0.15) is 17.0 Å². The van der Waals surface area contributed by atoms with Crippen LogP contribution in [0.4, 0.5) is 13.2 Å². The lowest BCUT2D eigenvalue weighted by atomic mass is 9.98. The summed E-state index contributed by atoms with van der Waals surface area (Å²) >= 11 is 0. The van der Waals surface area contributed by atoms with Crippen molar-refractivity contribution in [1.82, 2.24) is 4.98 Å². The van der Waals surface area contributed by atoms with Crippen LogP contribution in [0.2, 0.25) is 0 Å². The first-order valence-electron chi connectivity index (χ1n) is 6.30. The summed E-state index contributed by atoms with van der Waals surface area (Å²) in [6, 6.07) is 7.42. The largest absolute Gasteiger partial charge is 0.491 e. The summed E-state index contributed by atoms with van der Waals surface area (Å²) in [5.74, 6) is -2.12. The average Bonchev–Trinajstić information content (AvgIpc) is 2.48. The minimum absolute atomic E-state index is 0.0335.